The third-order valence-electron chi connectivity index (χ3n) is 6.00. The Kier molecular flexibility index (Phi) is 5.96. The van der Waals surface area contributed by atoms with Gasteiger partial charge in [-0.2, -0.15) is 5.10 Å². The van der Waals surface area contributed by atoms with Crippen LogP contribution < -0.4 is 5.56 Å². The lowest BCUT2D eigenvalue weighted by atomic mass is 10.2. The molecule has 1 atom stereocenters. The molecule has 5 rings (SSSR count). The van der Waals surface area contributed by atoms with E-state index in [4.69, 9.17) is 9.72 Å². The van der Waals surface area contributed by atoms with Gasteiger partial charge < -0.3 is 9.72 Å². The number of thiophene rings is 1. The van der Waals surface area contributed by atoms with Crippen LogP contribution in [0.5, 0.6) is 0 Å². The molecule has 0 bridgehead atoms. The summed E-state index contributed by atoms with van der Waals surface area (Å²) in [4.78, 5) is 36.0. The predicted octanol–water partition coefficient (Wildman–Crippen LogP) is 5.28. The second-order valence-electron chi connectivity index (χ2n) is 9.92. The molecule has 1 amide bonds. The highest BCUT2D eigenvalue weighted by molar-refractivity contribution is 7.22. The van der Waals surface area contributed by atoms with Gasteiger partial charge in [0, 0.05) is 23.2 Å². The summed E-state index contributed by atoms with van der Waals surface area (Å²) in [7, 11) is 0. The van der Waals surface area contributed by atoms with Gasteiger partial charge in [0.25, 0.3) is 5.56 Å². The molecule has 4 heterocycles. The van der Waals surface area contributed by atoms with Crippen molar-refractivity contribution in [2.75, 3.05) is 6.54 Å². The molecule has 4 aromatic rings. The Morgan fingerprint density at radius 2 is 2.03 bits per heavy atom. The highest BCUT2D eigenvalue weighted by atomic mass is 32.1. The summed E-state index contributed by atoms with van der Waals surface area (Å²) >= 11 is 1.41. The van der Waals surface area contributed by atoms with Crippen LogP contribution in [0.2, 0.25) is 0 Å². The molecule has 1 unspecified atom stereocenters. The Morgan fingerprint density at radius 1 is 1.26 bits per heavy atom. The zero-order valence-corrected chi connectivity index (χ0v) is 21.2. The van der Waals surface area contributed by atoms with Gasteiger partial charge in [0.1, 0.15) is 16.1 Å². The van der Waals surface area contributed by atoms with Crippen molar-refractivity contribution in [1.29, 1.82) is 0 Å². The summed E-state index contributed by atoms with van der Waals surface area (Å²) in [6.07, 6.45) is 3.20. The van der Waals surface area contributed by atoms with Gasteiger partial charge in [-0.15, -0.1) is 11.3 Å². The number of rotatable bonds is 4. The minimum atomic E-state index is -0.583. The van der Waals surface area contributed by atoms with Gasteiger partial charge in [0.15, 0.2) is 0 Å². The molecule has 1 N–H and O–H groups in total. The number of hydrogen-bond acceptors (Lipinski definition) is 6. The van der Waals surface area contributed by atoms with Crippen LogP contribution in [-0.4, -0.2) is 42.9 Å². The highest BCUT2D eigenvalue weighted by Crippen LogP contribution is 2.35. The molecular weight excluding hydrogens is 462 g/mol. The summed E-state index contributed by atoms with van der Waals surface area (Å²) in [5.74, 6) is 0.506. The Labute approximate surface area is 207 Å². The first-order valence-electron chi connectivity index (χ1n) is 11.8. The Morgan fingerprint density at radius 3 is 2.77 bits per heavy atom. The van der Waals surface area contributed by atoms with Crippen LogP contribution in [0.3, 0.4) is 0 Å². The van der Waals surface area contributed by atoms with E-state index < -0.39 is 5.60 Å². The number of H-pyrrole nitrogens is 1. The van der Waals surface area contributed by atoms with Gasteiger partial charge in [0.2, 0.25) is 0 Å². The standard InChI is InChI=1S/C26H29N5O3S/c1-16-18(15-30(29-16)14-17-9-6-5-7-10-17)21-13-19-22(35-21)24(32)28-23(27-19)20-11-8-12-31(20)25(33)34-26(2,3)4/h5-7,9-10,13,15,20H,8,11-12,14H2,1-4H3,(H,27,28,32). The normalized spacial score (nSPS) is 16.2. The molecule has 3 aromatic heterocycles. The van der Waals surface area contributed by atoms with Crippen molar-refractivity contribution in [2.45, 2.75) is 58.7 Å². The smallest absolute Gasteiger partial charge is 0.410 e. The molecule has 9 heteroatoms. The van der Waals surface area contributed by atoms with Crippen molar-refractivity contribution in [3.05, 3.63) is 70.0 Å². The number of carbonyl (C=O) groups excluding carboxylic acids is 1. The molecule has 1 aliphatic heterocycles. The molecule has 1 saturated heterocycles. The van der Waals surface area contributed by atoms with Crippen molar-refractivity contribution in [1.82, 2.24) is 24.6 Å². The number of aromatic nitrogens is 4. The number of nitrogens with one attached hydrogen (secondary N) is 1. The summed E-state index contributed by atoms with van der Waals surface area (Å²) in [6.45, 7) is 8.77. The van der Waals surface area contributed by atoms with E-state index in [1.807, 2.05) is 62.8 Å². The number of benzene rings is 1. The Bertz CT molecular complexity index is 1430. The van der Waals surface area contributed by atoms with E-state index in [0.717, 1.165) is 29.0 Å². The summed E-state index contributed by atoms with van der Waals surface area (Å²) < 4.78 is 8.06. The van der Waals surface area contributed by atoms with Gasteiger partial charge in [-0.1, -0.05) is 30.3 Å². The van der Waals surface area contributed by atoms with Crippen LogP contribution in [0.25, 0.3) is 20.7 Å². The van der Waals surface area contributed by atoms with Crippen LogP contribution in [0, 0.1) is 6.92 Å². The molecular formula is C26H29N5O3S. The maximum absolute atomic E-state index is 13.0. The lowest BCUT2D eigenvalue weighted by Crippen LogP contribution is -2.37. The minimum absolute atomic E-state index is 0.188. The lowest BCUT2D eigenvalue weighted by Gasteiger charge is -2.28. The zero-order valence-electron chi connectivity index (χ0n) is 20.4. The molecule has 0 saturated carbocycles. The quantitative estimate of drug-likeness (QED) is 0.419. The van der Waals surface area contributed by atoms with E-state index in [9.17, 15) is 9.59 Å². The monoisotopic (exact) mass is 491 g/mol. The topological polar surface area (TPSA) is 93.1 Å². The molecule has 0 spiro atoms. The predicted molar refractivity (Wildman–Crippen MR) is 137 cm³/mol. The maximum Gasteiger partial charge on any atom is 0.410 e. The van der Waals surface area contributed by atoms with E-state index >= 15 is 0 Å². The summed E-state index contributed by atoms with van der Waals surface area (Å²) in [5, 5.41) is 4.67. The van der Waals surface area contributed by atoms with Gasteiger partial charge in [-0.3, -0.25) is 14.4 Å². The van der Waals surface area contributed by atoms with Gasteiger partial charge >= 0.3 is 6.09 Å². The van der Waals surface area contributed by atoms with Crippen molar-refractivity contribution < 1.29 is 9.53 Å². The van der Waals surface area contributed by atoms with Crippen molar-refractivity contribution in [2.24, 2.45) is 0 Å². The summed E-state index contributed by atoms with van der Waals surface area (Å²) in [5.41, 5.74) is 2.92. The second kappa shape index (κ2) is 8.96. The number of hydrogen-bond donors (Lipinski definition) is 1. The molecule has 0 radical (unpaired) electrons. The second-order valence-corrected chi connectivity index (χ2v) is 11.0. The number of carbonyl (C=O) groups is 1. The Hall–Kier alpha value is -3.46. The molecule has 35 heavy (non-hydrogen) atoms. The number of nitrogens with zero attached hydrogens (tertiary/aromatic N) is 4. The van der Waals surface area contributed by atoms with Gasteiger partial charge in [-0.25, -0.2) is 9.78 Å². The van der Waals surface area contributed by atoms with E-state index in [0.29, 0.717) is 29.1 Å². The van der Waals surface area contributed by atoms with Crippen LogP contribution in [0.15, 0.2) is 47.4 Å². The number of aryl methyl sites for hydroxylation is 1. The Balaban J connectivity index is 1.45. The van der Waals surface area contributed by atoms with Crippen molar-refractivity contribution in [3.8, 4) is 10.4 Å². The first-order chi connectivity index (χ1) is 16.7. The number of fused-ring (bicyclic) bond motifs is 1. The van der Waals surface area contributed by atoms with Crippen molar-refractivity contribution >= 4 is 27.6 Å². The first kappa shape index (κ1) is 23.3. The van der Waals surface area contributed by atoms with Crippen LogP contribution in [0.4, 0.5) is 4.79 Å². The van der Waals surface area contributed by atoms with Crippen LogP contribution >= 0.6 is 11.3 Å². The third-order valence-corrected chi connectivity index (χ3v) is 7.15. The average molecular weight is 492 g/mol. The fourth-order valence-corrected chi connectivity index (χ4v) is 5.50. The van der Waals surface area contributed by atoms with Crippen LogP contribution in [-0.2, 0) is 11.3 Å². The summed E-state index contributed by atoms with van der Waals surface area (Å²) in [6, 6.07) is 11.8. The average Bonchev–Trinajstić information content (AvgIpc) is 3.51. The molecule has 8 nitrogen and oxygen atoms in total. The van der Waals surface area contributed by atoms with Crippen molar-refractivity contribution in [3.63, 3.8) is 0 Å². The third kappa shape index (κ3) is 4.86. The SMILES string of the molecule is Cc1nn(Cc2ccccc2)cc1-c1cc2nc(C3CCCN3C(=O)OC(C)(C)C)[nH]c(=O)c2s1. The lowest BCUT2D eigenvalue weighted by molar-refractivity contribution is 0.0218. The zero-order chi connectivity index (χ0) is 24.7. The number of amides is 1. The highest BCUT2D eigenvalue weighted by Gasteiger charge is 2.35. The molecule has 1 aliphatic rings. The number of likely N-dealkylation sites (tertiary alicyclic amines) is 1. The first-order valence-corrected chi connectivity index (χ1v) is 12.6. The molecule has 1 fully saturated rings. The van der Waals surface area contributed by atoms with Gasteiger partial charge in [-0.05, 0) is 52.2 Å². The van der Waals surface area contributed by atoms with E-state index in [1.165, 1.54) is 16.9 Å². The fourth-order valence-electron chi connectivity index (χ4n) is 4.45. The van der Waals surface area contributed by atoms with E-state index in [2.05, 4.69) is 22.2 Å². The van der Waals surface area contributed by atoms with E-state index in [1.54, 1.807) is 4.90 Å². The maximum atomic E-state index is 13.0. The fraction of sp³-hybridized carbons (Fsp3) is 0.385. The number of ether oxygens (including phenoxy) is 1. The molecule has 0 aliphatic carbocycles. The molecule has 1 aromatic carbocycles. The number of aromatic amines is 1. The minimum Gasteiger partial charge on any atom is -0.444 e. The van der Waals surface area contributed by atoms with Gasteiger partial charge in [0.05, 0.1) is 23.8 Å². The largest absolute Gasteiger partial charge is 0.444 e. The molecule has 182 valence electrons. The van der Waals surface area contributed by atoms with Crippen LogP contribution in [0.1, 0.15) is 56.7 Å². The van der Waals surface area contributed by atoms with E-state index in [-0.39, 0.29) is 17.7 Å².